The maximum Gasteiger partial charge on any atom is 0.251 e. The molecule has 0 aliphatic carbocycles. The predicted octanol–water partition coefficient (Wildman–Crippen LogP) is 0.694. The van der Waals surface area contributed by atoms with E-state index in [0.29, 0.717) is 25.2 Å². The van der Waals surface area contributed by atoms with E-state index in [9.17, 15) is 13.2 Å². The summed E-state index contributed by atoms with van der Waals surface area (Å²) in [4.78, 5) is 16.7. The molecule has 0 bridgehead atoms. The first kappa shape index (κ1) is 20.8. The van der Waals surface area contributed by atoms with E-state index in [4.69, 9.17) is 0 Å². The molecule has 0 saturated carbocycles. The van der Waals surface area contributed by atoms with Gasteiger partial charge in [0.1, 0.15) is 0 Å². The van der Waals surface area contributed by atoms with Crippen LogP contribution in [-0.2, 0) is 10.0 Å². The van der Waals surface area contributed by atoms with Gasteiger partial charge < -0.3 is 15.1 Å². The Balaban J connectivity index is 1.94. The summed E-state index contributed by atoms with van der Waals surface area (Å²) in [5.74, 6) is -0.177. The largest absolute Gasteiger partial charge is 0.352 e. The highest BCUT2D eigenvalue weighted by Crippen LogP contribution is 2.18. The third kappa shape index (κ3) is 5.51. The second kappa shape index (κ2) is 9.45. The van der Waals surface area contributed by atoms with Crippen LogP contribution < -0.4 is 5.32 Å². The molecule has 1 aromatic carbocycles. The van der Waals surface area contributed by atoms with Crippen LogP contribution in [0.2, 0.25) is 0 Å². The first-order chi connectivity index (χ1) is 12.3. The van der Waals surface area contributed by atoms with Gasteiger partial charge in [0, 0.05) is 38.3 Å². The second-order valence-corrected chi connectivity index (χ2v) is 8.71. The monoisotopic (exact) mass is 382 g/mol. The summed E-state index contributed by atoms with van der Waals surface area (Å²) in [7, 11) is 0.481. The topological polar surface area (TPSA) is 73.0 Å². The lowest BCUT2D eigenvalue weighted by molar-refractivity contribution is 0.0952. The molecule has 1 heterocycles. The molecule has 26 heavy (non-hydrogen) atoms. The fraction of sp³-hybridized carbons (Fsp3) is 0.611. The first-order valence-corrected chi connectivity index (χ1v) is 10.5. The van der Waals surface area contributed by atoms with E-state index in [-0.39, 0.29) is 10.8 Å². The van der Waals surface area contributed by atoms with E-state index in [0.717, 1.165) is 32.6 Å². The van der Waals surface area contributed by atoms with Gasteiger partial charge in [-0.05, 0) is 57.9 Å². The first-order valence-electron chi connectivity index (χ1n) is 9.10. The Morgan fingerprint density at radius 3 is 2.27 bits per heavy atom. The summed E-state index contributed by atoms with van der Waals surface area (Å²) in [6.07, 6.45) is 0.870. The van der Waals surface area contributed by atoms with Crippen molar-refractivity contribution in [2.45, 2.75) is 18.2 Å². The smallest absolute Gasteiger partial charge is 0.251 e. The highest BCUT2D eigenvalue weighted by Gasteiger charge is 2.28. The third-order valence-electron chi connectivity index (χ3n) is 4.60. The van der Waals surface area contributed by atoms with E-state index in [2.05, 4.69) is 22.0 Å². The molecule has 0 spiro atoms. The zero-order valence-corrected chi connectivity index (χ0v) is 16.8. The Labute approximate surface area is 157 Å². The number of rotatable bonds is 8. The molecule has 1 amide bonds. The van der Waals surface area contributed by atoms with E-state index in [1.807, 2.05) is 14.1 Å². The number of piperazine rings is 1. The van der Waals surface area contributed by atoms with Crippen LogP contribution >= 0.6 is 0 Å². The van der Waals surface area contributed by atoms with Gasteiger partial charge in [-0.2, -0.15) is 4.31 Å². The lowest BCUT2D eigenvalue weighted by Crippen LogP contribution is -2.48. The number of sulfonamides is 1. The van der Waals surface area contributed by atoms with Crippen molar-refractivity contribution in [3.63, 3.8) is 0 Å². The lowest BCUT2D eigenvalue weighted by atomic mass is 10.2. The van der Waals surface area contributed by atoms with Gasteiger partial charge >= 0.3 is 0 Å². The maximum atomic E-state index is 12.7. The maximum absolute atomic E-state index is 12.7. The van der Waals surface area contributed by atoms with Crippen LogP contribution in [0.5, 0.6) is 0 Å². The molecule has 0 radical (unpaired) electrons. The molecular weight excluding hydrogens is 352 g/mol. The normalized spacial score (nSPS) is 16.8. The summed E-state index contributed by atoms with van der Waals surface area (Å²) >= 11 is 0. The zero-order chi connectivity index (χ0) is 19.2. The molecule has 1 aromatic rings. The molecular formula is C18H30N4O3S. The summed E-state index contributed by atoms with van der Waals surface area (Å²) in [5.41, 5.74) is 0.476. The van der Waals surface area contributed by atoms with Crippen molar-refractivity contribution < 1.29 is 13.2 Å². The Morgan fingerprint density at radius 2 is 1.73 bits per heavy atom. The lowest BCUT2D eigenvalue weighted by Gasteiger charge is -2.33. The van der Waals surface area contributed by atoms with Crippen molar-refractivity contribution in [3.8, 4) is 0 Å². The summed E-state index contributed by atoms with van der Waals surface area (Å²) in [5, 5.41) is 2.86. The van der Waals surface area contributed by atoms with Gasteiger partial charge in [-0.25, -0.2) is 8.42 Å². The molecule has 0 unspecified atom stereocenters. The van der Waals surface area contributed by atoms with Gasteiger partial charge in [0.2, 0.25) is 10.0 Å². The average molecular weight is 383 g/mol. The highest BCUT2D eigenvalue weighted by molar-refractivity contribution is 7.89. The van der Waals surface area contributed by atoms with E-state index < -0.39 is 10.0 Å². The van der Waals surface area contributed by atoms with Crippen molar-refractivity contribution >= 4 is 15.9 Å². The third-order valence-corrected chi connectivity index (χ3v) is 6.51. The van der Waals surface area contributed by atoms with Crippen molar-refractivity contribution in [2.75, 3.05) is 59.9 Å². The second-order valence-electron chi connectivity index (χ2n) is 6.78. The Hall–Kier alpha value is -1.48. The molecule has 0 aromatic heterocycles. The molecule has 0 atom stereocenters. The molecule has 2 rings (SSSR count). The zero-order valence-electron chi connectivity index (χ0n) is 15.9. The average Bonchev–Trinajstić information content (AvgIpc) is 2.65. The fourth-order valence-corrected chi connectivity index (χ4v) is 4.33. The predicted molar refractivity (Wildman–Crippen MR) is 103 cm³/mol. The van der Waals surface area contributed by atoms with Crippen LogP contribution in [0.3, 0.4) is 0 Å². The molecule has 1 N–H and O–H groups in total. The van der Waals surface area contributed by atoms with Crippen LogP contribution in [-0.4, -0.2) is 88.3 Å². The van der Waals surface area contributed by atoms with Crippen molar-refractivity contribution in [3.05, 3.63) is 29.8 Å². The van der Waals surface area contributed by atoms with Gasteiger partial charge in [0.25, 0.3) is 5.91 Å². The number of carbonyl (C=O) groups is 1. The molecule has 1 aliphatic heterocycles. The Kier molecular flexibility index (Phi) is 7.57. The van der Waals surface area contributed by atoms with Gasteiger partial charge in [-0.3, -0.25) is 4.79 Å². The van der Waals surface area contributed by atoms with Crippen molar-refractivity contribution in [1.29, 1.82) is 0 Å². The molecule has 1 aliphatic rings. The molecule has 1 fully saturated rings. The number of likely N-dealkylation sites (N-methyl/N-ethyl adjacent to an activating group) is 1. The van der Waals surface area contributed by atoms with Crippen LogP contribution in [0, 0.1) is 0 Å². The number of nitrogens with one attached hydrogen (secondary N) is 1. The Morgan fingerprint density at radius 1 is 1.12 bits per heavy atom. The van der Waals surface area contributed by atoms with Crippen molar-refractivity contribution in [1.82, 2.24) is 19.4 Å². The minimum atomic E-state index is -3.50. The number of hydrogen-bond donors (Lipinski definition) is 1. The van der Waals surface area contributed by atoms with E-state index in [1.165, 1.54) is 16.4 Å². The number of carbonyl (C=O) groups excluding carboxylic acids is 1. The van der Waals surface area contributed by atoms with Gasteiger partial charge in [0.15, 0.2) is 0 Å². The number of hydrogen-bond acceptors (Lipinski definition) is 5. The van der Waals surface area contributed by atoms with Gasteiger partial charge in [0.05, 0.1) is 4.90 Å². The molecule has 8 heteroatoms. The number of benzene rings is 1. The Bertz CT molecular complexity index is 681. The summed E-state index contributed by atoms with van der Waals surface area (Å²) in [6.45, 7) is 7.03. The van der Waals surface area contributed by atoms with Crippen LogP contribution in [0.15, 0.2) is 29.2 Å². The summed E-state index contributed by atoms with van der Waals surface area (Å²) < 4.78 is 27.0. The standard InChI is InChI=1S/C18H30N4O3S/c1-4-21-12-14-22(15-13-21)26(24,25)17-8-6-16(7-9-17)18(23)19-10-5-11-20(2)3/h6-9H,4-5,10-15H2,1-3H3,(H,19,23). The minimum absolute atomic E-state index is 0.177. The van der Waals surface area contributed by atoms with Crippen molar-refractivity contribution in [2.24, 2.45) is 0 Å². The van der Waals surface area contributed by atoms with Crippen LogP contribution in [0.4, 0.5) is 0 Å². The molecule has 146 valence electrons. The SMILES string of the molecule is CCN1CCN(S(=O)(=O)c2ccc(C(=O)NCCCN(C)C)cc2)CC1. The van der Waals surface area contributed by atoms with E-state index >= 15 is 0 Å². The summed E-state index contributed by atoms with van der Waals surface area (Å²) in [6, 6.07) is 6.21. The van der Waals surface area contributed by atoms with E-state index in [1.54, 1.807) is 12.1 Å². The number of amides is 1. The number of nitrogens with zero attached hydrogens (tertiary/aromatic N) is 3. The van der Waals surface area contributed by atoms with Crippen LogP contribution in [0.1, 0.15) is 23.7 Å². The minimum Gasteiger partial charge on any atom is -0.352 e. The van der Waals surface area contributed by atoms with Crippen LogP contribution in [0.25, 0.3) is 0 Å². The quantitative estimate of drug-likeness (QED) is 0.670. The molecule has 1 saturated heterocycles. The molecule has 7 nitrogen and oxygen atoms in total. The van der Waals surface area contributed by atoms with Gasteiger partial charge in [-0.15, -0.1) is 0 Å². The fourth-order valence-electron chi connectivity index (χ4n) is 2.91. The highest BCUT2D eigenvalue weighted by atomic mass is 32.2. The van der Waals surface area contributed by atoms with Gasteiger partial charge in [-0.1, -0.05) is 6.92 Å².